The van der Waals surface area contributed by atoms with Gasteiger partial charge in [0.05, 0.1) is 34.9 Å². The third-order valence-electron chi connectivity index (χ3n) is 6.23. The maximum absolute atomic E-state index is 12.9. The first kappa shape index (κ1) is 20.3. The van der Waals surface area contributed by atoms with Gasteiger partial charge in [-0.05, 0) is 47.7 Å². The zero-order valence-corrected chi connectivity index (χ0v) is 18.6. The van der Waals surface area contributed by atoms with E-state index < -0.39 is 10.0 Å². The highest BCUT2D eigenvalue weighted by Gasteiger charge is 2.39. The lowest BCUT2D eigenvalue weighted by Crippen LogP contribution is -2.40. The average Bonchev–Trinajstić information content (AvgIpc) is 3.24. The smallest absolute Gasteiger partial charge is 0.243 e. The van der Waals surface area contributed by atoms with Gasteiger partial charge in [0.1, 0.15) is 0 Å². The van der Waals surface area contributed by atoms with Crippen molar-refractivity contribution in [3.63, 3.8) is 0 Å². The van der Waals surface area contributed by atoms with E-state index in [4.69, 9.17) is 27.9 Å². The van der Waals surface area contributed by atoms with Crippen LogP contribution < -0.4 is 5.32 Å². The van der Waals surface area contributed by atoms with Crippen LogP contribution in [0.4, 0.5) is 5.69 Å². The molecule has 3 aliphatic rings. The van der Waals surface area contributed by atoms with Crippen molar-refractivity contribution in [3.05, 3.63) is 69.7 Å². The highest BCUT2D eigenvalue weighted by molar-refractivity contribution is 7.89. The van der Waals surface area contributed by atoms with E-state index >= 15 is 0 Å². The van der Waals surface area contributed by atoms with Crippen LogP contribution in [0, 0.1) is 5.92 Å². The second-order valence-electron chi connectivity index (χ2n) is 7.91. The predicted octanol–water partition coefficient (Wildman–Crippen LogP) is 4.84. The monoisotopic (exact) mass is 464 g/mol. The quantitative estimate of drug-likeness (QED) is 0.660. The summed E-state index contributed by atoms with van der Waals surface area (Å²) in [6.07, 6.45) is 5.37. The van der Waals surface area contributed by atoms with Crippen molar-refractivity contribution in [2.45, 2.75) is 23.3 Å². The normalized spacial score (nSPS) is 26.1. The molecule has 2 aromatic rings. The molecule has 1 aliphatic carbocycles. The maximum atomic E-state index is 12.9. The van der Waals surface area contributed by atoms with E-state index in [1.54, 1.807) is 18.2 Å². The second-order valence-corrected chi connectivity index (χ2v) is 10.7. The largest absolute Gasteiger partial charge is 0.379 e. The number of ether oxygens (including phenoxy) is 1. The van der Waals surface area contributed by atoms with Crippen LogP contribution in [0.3, 0.4) is 0 Å². The van der Waals surface area contributed by atoms with Crippen molar-refractivity contribution >= 4 is 38.9 Å². The number of halogens is 2. The summed E-state index contributed by atoms with van der Waals surface area (Å²) in [5, 5.41) is 4.83. The zero-order chi connectivity index (χ0) is 20.9. The van der Waals surface area contributed by atoms with Gasteiger partial charge in [0.2, 0.25) is 10.0 Å². The number of hydrogen-bond acceptors (Lipinski definition) is 4. The van der Waals surface area contributed by atoms with Crippen LogP contribution in [0.5, 0.6) is 0 Å². The highest BCUT2D eigenvalue weighted by atomic mass is 35.5. The number of hydrogen-bond donors (Lipinski definition) is 1. The number of anilines is 1. The van der Waals surface area contributed by atoms with Gasteiger partial charge in [0, 0.05) is 24.0 Å². The fourth-order valence-corrected chi connectivity index (χ4v) is 6.71. The summed E-state index contributed by atoms with van der Waals surface area (Å²) in [6.45, 7) is 1.65. The Bertz CT molecular complexity index is 1100. The summed E-state index contributed by atoms with van der Waals surface area (Å²) in [7, 11) is -3.50. The summed E-state index contributed by atoms with van der Waals surface area (Å²) >= 11 is 12.7. The summed E-state index contributed by atoms with van der Waals surface area (Å²) in [5.74, 6) is 0.563. The van der Waals surface area contributed by atoms with Crippen LogP contribution in [0.2, 0.25) is 10.0 Å². The van der Waals surface area contributed by atoms with Gasteiger partial charge in [0.15, 0.2) is 0 Å². The number of benzene rings is 2. The highest BCUT2D eigenvalue weighted by Crippen LogP contribution is 2.52. The molecule has 30 heavy (non-hydrogen) atoms. The lowest BCUT2D eigenvalue weighted by atomic mass is 9.77. The minimum Gasteiger partial charge on any atom is -0.379 e. The number of nitrogens with zero attached hydrogens (tertiary/aromatic N) is 1. The minimum atomic E-state index is -3.50. The van der Waals surface area contributed by atoms with Crippen LogP contribution in [0.15, 0.2) is 53.4 Å². The topological polar surface area (TPSA) is 58.6 Å². The van der Waals surface area contributed by atoms with E-state index in [9.17, 15) is 8.42 Å². The lowest BCUT2D eigenvalue weighted by Gasteiger charge is -2.38. The van der Waals surface area contributed by atoms with Crippen molar-refractivity contribution in [2.75, 3.05) is 31.6 Å². The molecule has 2 aromatic carbocycles. The van der Waals surface area contributed by atoms with Crippen molar-refractivity contribution in [1.82, 2.24) is 4.31 Å². The Morgan fingerprint density at radius 2 is 1.80 bits per heavy atom. The molecule has 0 saturated carbocycles. The van der Waals surface area contributed by atoms with Gasteiger partial charge < -0.3 is 10.1 Å². The van der Waals surface area contributed by atoms with E-state index in [-0.39, 0.29) is 12.0 Å². The standard InChI is InChI=1S/C22H22Cl2N2O3S/c23-15-12-19-17-2-1-3-18(17)21(25-22(19)20(24)13-15)14-4-6-16(7-5-14)30(27,28)26-8-10-29-11-9-26/h1-2,4-7,12-13,17-18,21,25H,3,8-11H2/t17-,18-,21-/m0/s1. The second kappa shape index (κ2) is 7.84. The first-order valence-corrected chi connectivity index (χ1v) is 12.2. The van der Waals surface area contributed by atoms with E-state index in [0.29, 0.717) is 47.2 Å². The van der Waals surface area contributed by atoms with Gasteiger partial charge in [-0.25, -0.2) is 8.42 Å². The molecule has 0 unspecified atom stereocenters. The third-order valence-corrected chi connectivity index (χ3v) is 8.66. The van der Waals surface area contributed by atoms with Gasteiger partial charge in [-0.2, -0.15) is 4.31 Å². The number of morpholine rings is 1. The fraction of sp³-hybridized carbons (Fsp3) is 0.364. The molecule has 0 amide bonds. The summed E-state index contributed by atoms with van der Waals surface area (Å²) in [5.41, 5.74) is 3.07. The van der Waals surface area contributed by atoms with Crippen molar-refractivity contribution in [1.29, 1.82) is 0 Å². The molecule has 0 spiro atoms. The zero-order valence-electron chi connectivity index (χ0n) is 16.2. The summed E-state index contributed by atoms with van der Waals surface area (Å²) in [6, 6.07) is 11.0. The summed E-state index contributed by atoms with van der Waals surface area (Å²) in [4.78, 5) is 0.315. The number of allylic oxidation sites excluding steroid dienone is 2. The van der Waals surface area contributed by atoms with E-state index in [0.717, 1.165) is 23.2 Å². The molecule has 1 saturated heterocycles. The van der Waals surface area contributed by atoms with Crippen LogP contribution in [-0.2, 0) is 14.8 Å². The Morgan fingerprint density at radius 1 is 1.07 bits per heavy atom. The molecule has 158 valence electrons. The SMILES string of the molecule is O=S(=O)(c1ccc([C@@H]2Nc3c(Cl)cc(Cl)cc3[C@H]3C=CC[C@@H]32)cc1)N1CCOCC1. The average molecular weight is 465 g/mol. The van der Waals surface area contributed by atoms with E-state index in [1.807, 2.05) is 18.2 Å². The van der Waals surface area contributed by atoms with Crippen molar-refractivity contribution < 1.29 is 13.2 Å². The van der Waals surface area contributed by atoms with Crippen molar-refractivity contribution in [2.24, 2.45) is 5.92 Å². The van der Waals surface area contributed by atoms with Gasteiger partial charge in [-0.15, -0.1) is 0 Å². The number of nitrogens with one attached hydrogen (secondary N) is 1. The molecule has 5 nitrogen and oxygen atoms in total. The molecule has 0 aromatic heterocycles. The Labute approximate surface area is 186 Å². The molecule has 3 atom stereocenters. The van der Waals surface area contributed by atoms with Gasteiger partial charge in [-0.1, -0.05) is 47.5 Å². The number of rotatable bonds is 3. The van der Waals surface area contributed by atoms with Crippen LogP contribution in [-0.4, -0.2) is 39.0 Å². The third kappa shape index (κ3) is 3.45. The Hall–Kier alpha value is -1.57. The molecule has 0 radical (unpaired) electrons. The molecule has 1 fully saturated rings. The first-order valence-electron chi connectivity index (χ1n) is 10.0. The van der Waals surface area contributed by atoms with Gasteiger partial charge in [-0.3, -0.25) is 0 Å². The molecular formula is C22H22Cl2N2O3S. The van der Waals surface area contributed by atoms with Gasteiger partial charge in [0.25, 0.3) is 0 Å². The van der Waals surface area contributed by atoms with Crippen LogP contribution in [0.1, 0.15) is 29.5 Å². The summed E-state index contributed by atoms with van der Waals surface area (Å²) < 4.78 is 32.6. The molecule has 2 aliphatic heterocycles. The maximum Gasteiger partial charge on any atom is 0.243 e. The minimum absolute atomic E-state index is 0.0383. The Kier molecular flexibility index (Phi) is 5.32. The fourth-order valence-electron chi connectivity index (χ4n) is 4.73. The molecule has 1 N–H and O–H groups in total. The first-order chi connectivity index (χ1) is 14.4. The predicted molar refractivity (Wildman–Crippen MR) is 119 cm³/mol. The molecule has 0 bridgehead atoms. The Morgan fingerprint density at radius 3 is 2.53 bits per heavy atom. The van der Waals surface area contributed by atoms with Gasteiger partial charge >= 0.3 is 0 Å². The lowest BCUT2D eigenvalue weighted by molar-refractivity contribution is 0.0730. The number of fused-ring (bicyclic) bond motifs is 3. The molecular weight excluding hydrogens is 443 g/mol. The molecule has 2 heterocycles. The Balaban J connectivity index is 1.46. The van der Waals surface area contributed by atoms with Crippen molar-refractivity contribution in [3.8, 4) is 0 Å². The number of sulfonamides is 1. The van der Waals surface area contributed by atoms with Crippen LogP contribution >= 0.6 is 23.2 Å². The van der Waals surface area contributed by atoms with E-state index in [2.05, 4.69) is 17.5 Å². The van der Waals surface area contributed by atoms with Crippen LogP contribution in [0.25, 0.3) is 0 Å². The molecule has 5 rings (SSSR count). The van der Waals surface area contributed by atoms with E-state index in [1.165, 1.54) is 4.31 Å². The molecule has 8 heteroatoms.